The Morgan fingerprint density at radius 2 is 1.42 bits per heavy atom. The second-order valence-corrected chi connectivity index (χ2v) is 14.2. The number of hydrogen-bond acceptors (Lipinski definition) is 4. The SMILES string of the molecule is CC(C)(C)NC(=O)C(Cc1ccccc1)N(Cc1ccc(Cl)c(Cl)c1)C(=O)CN(c1ccccc1)S(=O)(=O)c1ccc(F)cc1. The molecule has 0 aliphatic carbocycles. The molecule has 1 N–H and O–H groups in total. The third-order valence-corrected chi connectivity index (χ3v) is 9.36. The van der Waals surface area contributed by atoms with Crippen LogP contribution in [0.15, 0.2) is 108 Å². The van der Waals surface area contributed by atoms with Gasteiger partial charge in [0.2, 0.25) is 11.8 Å². The summed E-state index contributed by atoms with van der Waals surface area (Å²) >= 11 is 12.5. The number of halogens is 3. The van der Waals surface area contributed by atoms with Crippen LogP contribution in [0.5, 0.6) is 0 Å². The summed E-state index contributed by atoms with van der Waals surface area (Å²) in [4.78, 5) is 29.5. The lowest BCUT2D eigenvalue weighted by Crippen LogP contribution is -2.56. The number of benzene rings is 4. The average molecular weight is 671 g/mol. The number of nitrogens with zero attached hydrogens (tertiary/aromatic N) is 2. The van der Waals surface area contributed by atoms with Crippen LogP contribution in [-0.4, -0.2) is 43.3 Å². The fraction of sp³-hybridized carbons (Fsp3) is 0.235. The van der Waals surface area contributed by atoms with Gasteiger partial charge in [-0.15, -0.1) is 0 Å². The number of rotatable bonds is 11. The lowest BCUT2D eigenvalue weighted by molar-refractivity contribution is -0.140. The third kappa shape index (κ3) is 9.06. The van der Waals surface area contributed by atoms with Crippen molar-refractivity contribution < 1.29 is 22.4 Å². The minimum Gasteiger partial charge on any atom is -0.350 e. The van der Waals surface area contributed by atoms with Crippen LogP contribution in [0.4, 0.5) is 10.1 Å². The number of carbonyl (C=O) groups excluding carboxylic acids is 2. The topological polar surface area (TPSA) is 86.8 Å². The zero-order chi connectivity index (χ0) is 32.8. The smallest absolute Gasteiger partial charge is 0.264 e. The average Bonchev–Trinajstić information content (AvgIpc) is 2.99. The van der Waals surface area contributed by atoms with Crippen LogP contribution in [0.25, 0.3) is 0 Å². The van der Waals surface area contributed by atoms with Crippen molar-refractivity contribution >= 4 is 50.7 Å². The molecule has 0 bridgehead atoms. The van der Waals surface area contributed by atoms with Crippen molar-refractivity contribution in [1.82, 2.24) is 10.2 Å². The van der Waals surface area contributed by atoms with E-state index in [9.17, 15) is 22.4 Å². The maximum absolute atomic E-state index is 14.4. The molecule has 0 fully saturated rings. The van der Waals surface area contributed by atoms with Gasteiger partial charge in [-0.25, -0.2) is 12.8 Å². The molecule has 0 saturated heterocycles. The zero-order valence-electron chi connectivity index (χ0n) is 25.1. The molecule has 1 atom stereocenters. The Kier molecular flexibility index (Phi) is 10.9. The van der Waals surface area contributed by atoms with Gasteiger partial charge in [0.05, 0.1) is 20.6 Å². The molecule has 0 aliphatic heterocycles. The minimum atomic E-state index is -4.34. The van der Waals surface area contributed by atoms with Crippen molar-refractivity contribution in [3.63, 3.8) is 0 Å². The molecule has 0 heterocycles. The Bertz CT molecular complexity index is 1730. The van der Waals surface area contributed by atoms with Gasteiger partial charge in [0.25, 0.3) is 10.0 Å². The third-order valence-electron chi connectivity index (χ3n) is 6.83. The van der Waals surface area contributed by atoms with Gasteiger partial charge in [0, 0.05) is 18.5 Å². The van der Waals surface area contributed by atoms with Gasteiger partial charge in [0.1, 0.15) is 18.4 Å². The molecule has 0 spiro atoms. The van der Waals surface area contributed by atoms with E-state index in [-0.39, 0.29) is 28.6 Å². The summed E-state index contributed by atoms with van der Waals surface area (Å²) in [7, 11) is -4.34. The van der Waals surface area contributed by atoms with Crippen LogP contribution in [0, 0.1) is 5.82 Å². The van der Waals surface area contributed by atoms with Crippen molar-refractivity contribution in [3.05, 3.63) is 130 Å². The molecular weight excluding hydrogens is 636 g/mol. The molecule has 4 rings (SSSR count). The first-order valence-corrected chi connectivity index (χ1v) is 16.4. The van der Waals surface area contributed by atoms with E-state index in [1.54, 1.807) is 48.5 Å². The predicted molar refractivity (Wildman–Crippen MR) is 176 cm³/mol. The molecule has 4 aromatic rings. The summed E-state index contributed by atoms with van der Waals surface area (Å²) in [5.74, 6) is -1.65. The van der Waals surface area contributed by atoms with Crippen LogP contribution in [-0.2, 0) is 32.6 Å². The first kappa shape index (κ1) is 34.0. The molecule has 1 unspecified atom stereocenters. The van der Waals surface area contributed by atoms with Crippen LogP contribution in [0.3, 0.4) is 0 Å². The van der Waals surface area contributed by atoms with E-state index < -0.39 is 45.8 Å². The van der Waals surface area contributed by atoms with E-state index in [1.807, 2.05) is 51.1 Å². The predicted octanol–water partition coefficient (Wildman–Crippen LogP) is 6.88. The maximum Gasteiger partial charge on any atom is 0.264 e. The highest BCUT2D eigenvalue weighted by Crippen LogP contribution is 2.27. The van der Waals surface area contributed by atoms with Gasteiger partial charge in [-0.2, -0.15) is 0 Å². The summed E-state index contributed by atoms with van der Waals surface area (Å²) in [5, 5.41) is 3.57. The highest BCUT2D eigenvalue weighted by atomic mass is 35.5. The number of nitrogens with one attached hydrogen (secondary N) is 1. The summed E-state index contributed by atoms with van der Waals surface area (Å²) in [5.41, 5.74) is 1.000. The van der Waals surface area contributed by atoms with E-state index >= 15 is 0 Å². The Morgan fingerprint density at radius 3 is 2.00 bits per heavy atom. The molecule has 2 amide bonds. The van der Waals surface area contributed by atoms with Crippen molar-refractivity contribution in [2.45, 2.75) is 50.2 Å². The summed E-state index contributed by atoms with van der Waals surface area (Å²) in [6, 6.07) is 25.6. The fourth-order valence-electron chi connectivity index (χ4n) is 4.70. The van der Waals surface area contributed by atoms with Crippen LogP contribution >= 0.6 is 23.2 Å². The van der Waals surface area contributed by atoms with Crippen molar-refractivity contribution in [2.24, 2.45) is 0 Å². The molecule has 0 saturated carbocycles. The quantitative estimate of drug-likeness (QED) is 0.189. The van der Waals surface area contributed by atoms with Crippen molar-refractivity contribution in [2.75, 3.05) is 10.8 Å². The first-order valence-electron chi connectivity index (χ1n) is 14.2. The molecule has 0 aliphatic rings. The summed E-state index contributed by atoms with van der Waals surface area (Å²) < 4.78 is 42.6. The molecule has 11 heteroatoms. The Hall–Kier alpha value is -3.92. The van der Waals surface area contributed by atoms with Gasteiger partial charge in [-0.1, -0.05) is 77.8 Å². The van der Waals surface area contributed by atoms with Gasteiger partial charge >= 0.3 is 0 Å². The number of hydrogen-bond donors (Lipinski definition) is 1. The normalized spacial score (nSPS) is 12.3. The van der Waals surface area contributed by atoms with Crippen molar-refractivity contribution in [1.29, 1.82) is 0 Å². The summed E-state index contributed by atoms with van der Waals surface area (Å²) in [6.45, 7) is 4.80. The van der Waals surface area contributed by atoms with E-state index in [0.717, 1.165) is 34.1 Å². The standard InChI is InChI=1S/C34H34Cl2FN3O4S/c1-34(2,3)38-33(42)31(21-24-10-6-4-7-11-24)39(22-25-14-19-29(35)30(36)20-25)32(41)23-40(27-12-8-5-9-13-27)45(43,44)28-17-15-26(37)16-18-28/h4-20,31H,21-23H2,1-3H3,(H,38,42). The van der Waals surface area contributed by atoms with E-state index in [1.165, 1.54) is 4.90 Å². The lowest BCUT2D eigenvalue weighted by atomic mass is 10.0. The highest BCUT2D eigenvalue weighted by molar-refractivity contribution is 7.92. The number of amides is 2. The molecule has 7 nitrogen and oxygen atoms in total. The minimum absolute atomic E-state index is 0.0655. The monoisotopic (exact) mass is 669 g/mol. The van der Waals surface area contributed by atoms with E-state index in [4.69, 9.17) is 23.2 Å². The fourth-order valence-corrected chi connectivity index (χ4v) is 6.43. The Balaban J connectivity index is 1.81. The molecule has 4 aromatic carbocycles. The second kappa shape index (κ2) is 14.5. The van der Waals surface area contributed by atoms with Gasteiger partial charge in [-0.05, 0) is 80.4 Å². The zero-order valence-corrected chi connectivity index (χ0v) is 27.4. The molecule has 45 heavy (non-hydrogen) atoms. The van der Waals surface area contributed by atoms with Gasteiger partial charge in [0.15, 0.2) is 0 Å². The van der Waals surface area contributed by atoms with Gasteiger partial charge < -0.3 is 10.2 Å². The lowest BCUT2D eigenvalue weighted by Gasteiger charge is -2.35. The van der Waals surface area contributed by atoms with Crippen LogP contribution in [0.2, 0.25) is 10.0 Å². The largest absolute Gasteiger partial charge is 0.350 e. The summed E-state index contributed by atoms with van der Waals surface area (Å²) in [6.07, 6.45) is 0.159. The number of anilines is 1. The number of carbonyl (C=O) groups is 2. The van der Waals surface area contributed by atoms with E-state index in [0.29, 0.717) is 10.6 Å². The molecule has 0 radical (unpaired) electrons. The number of sulfonamides is 1. The van der Waals surface area contributed by atoms with Crippen LogP contribution < -0.4 is 9.62 Å². The van der Waals surface area contributed by atoms with E-state index in [2.05, 4.69) is 5.32 Å². The Morgan fingerprint density at radius 1 is 0.822 bits per heavy atom. The second-order valence-electron chi connectivity index (χ2n) is 11.5. The van der Waals surface area contributed by atoms with Crippen molar-refractivity contribution in [3.8, 4) is 0 Å². The molecule has 0 aromatic heterocycles. The highest BCUT2D eigenvalue weighted by Gasteiger charge is 2.35. The molecule has 236 valence electrons. The van der Waals surface area contributed by atoms with Crippen LogP contribution in [0.1, 0.15) is 31.9 Å². The first-order chi connectivity index (χ1) is 21.2. The Labute approximate surface area is 273 Å². The van der Waals surface area contributed by atoms with Gasteiger partial charge in [-0.3, -0.25) is 13.9 Å². The molecular formula is C34H34Cl2FN3O4S. The maximum atomic E-state index is 14.4. The number of para-hydroxylation sites is 1.